The number of nitrogens with one attached hydrogen (secondary N) is 1. The summed E-state index contributed by atoms with van der Waals surface area (Å²) >= 11 is 1.91. The molecule has 0 bridgehead atoms. The normalized spacial score (nSPS) is 14.9. The molecule has 0 unspecified atom stereocenters. The van der Waals surface area contributed by atoms with E-state index in [1.54, 1.807) is 6.26 Å². The third-order valence-electron chi connectivity index (χ3n) is 3.90. The first-order chi connectivity index (χ1) is 10.8. The molecule has 1 aromatic heterocycles. The first kappa shape index (κ1) is 15.0. The average Bonchev–Trinajstić information content (AvgIpc) is 3.07. The van der Waals surface area contributed by atoms with E-state index in [0.29, 0.717) is 6.54 Å². The van der Waals surface area contributed by atoms with Crippen molar-refractivity contribution in [1.29, 1.82) is 0 Å². The Balaban J connectivity index is 1.74. The van der Waals surface area contributed by atoms with E-state index in [1.165, 1.54) is 0 Å². The van der Waals surface area contributed by atoms with Crippen molar-refractivity contribution >= 4 is 23.4 Å². The van der Waals surface area contributed by atoms with Crippen LogP contribution in [0.15, 0.2) is 41.0 Å². The van der Waals surface area contributed by atoms with Gasteiger partial charge in [-0.2, -0.15) is 11.8 Å². The van der Waals surface area contributed by atoms with Crippen LogP contribution in [0.4, 0.5) is 5.69 Å². The lowest BCUT2D eigenvalue weighted by molar-refractivity contribution is 0.0771. The lowest BCUT2D eigenvalue weighted by Crippen LogP contribution is -2.38. The largest absolute Gasteiger partial charge is 0.467 e. The minimum Gasteiger partial charge on any atom is -0.467 e. The van der Waals surface area contributed by atoms with E-state index in [2.05, 4.69) is 5.32 Å². The molecule has 2 aromatic rings. The number of hydrogen-bond acceptors (Lipinski definition) is 4. The highest BCUT2D eigenvalue weighted by molar-refractivity contribution is 7.99. The molecule has 0 atom stereocenters. The highest BCUT2D eigenvalue weighted by Crippen LogP contribution is 2.22. The Hall–Kier alpha value is -1.88. The first-order valence-electron chi connectivity index (χ1n) is 7.48. The van der Waals surface area contributed by atoms with Gasteiger partial charge in [0.15, 0.2) is 0 Å². The molecule has 0 saturated carbocycles. The Kier molecular flexibility index (Phi) is 4.73. The molecule has 3 rings (SSSR count). The molecule has 22 heavy (non-hydrogen) atoms. The summed E-state index contributed by atoms with van der Waals surface area (Å²) in [6.45, 7) is 4.29. The first-order valence-corrected chi connectivity index (χ1v) is 8.64. The monoisotopic (exact) mass is 316 g/mol. The van der Waals surface area contributed by atoms with Crippen LogP contribution in [0, 0.1) is 6.92 Å². The molecule has 1 saturated heterocycles. The fourth-order valence-electron chi connectivity index (χ4n) is 2.59. The number of thioether (sulfide) groups is 1. The summed E-state index contributed by atoms with van der Waals surface area (Å²) in [7, 11) is 0. The zero-order valence-corrected chi connectivity index (χ0v) is 13.5. The van der Waals surface area contributed by atoms with Crippen LogP contribution < -0.4 is 5.32 Å². The zero-order chi connectivity index (χ0) is 15.4. The molecule has 0 aliphatic carbocycles. The summed E-state index contributed by atoms with van der Waals surface area (Å²) in [6, 6.07) is 9.66. The van der Waals surface area contributed by atoms with Gasteiger partial charge in [0.2, 0.25) is 0 Å². The van der Waals surface area contributed by atoms with Crippen LogP contribution in [-0.2, 0) is 6.54 Å². The molecule has 4 nitrogen and oxygen atoms in total. The number of carbonyl (C=O) groups excluding carboxylic acids is 1. The third kappa shape index (κ3) is 3.30. The predicted octanol–water partition coefficient (Wildman–Crippen LogP) is 3.39. The second-order valence-corrected chi connectivity index (χ2v) is 6.54. The van der Waals surface area contributed by atoms with Gasteiger partial charge in [0.05, 0.1) is 12.8 Å². The van der Waals surface area contributed by atoms with Crippen molar-refractivity contribution in [2.24, 2.45) is 0 Å². The van der Waals surface area contributed by atoms with Gasteiger partial charge in [-0.25, -0.2) is 0 Å². The van der Waals surface area contributed by atoms with Crippen LogP contribution >= 0.6 is 11.8 Å². The number of rotatable bonds is 4. The quantitative estimate of drug-likeness (QED) is 0.939. The molecule has 1 amide bonds. The van der Waals surface area contributed by atoms with Crippen LogP contribution in [0.1, 0.15) is 21.7 Å². The SMILES string of the molecule is Cc1c(NCc2ccco2)cccc1C(=O)N1CCSCC1. The molecule has 2 heterocycles. The standard InChI is InChI=1S/C17H20N2O2S/c1-13-15(17(20)19-7-10-22-11-8-19)5-2-6-16(13)18-12-14-4-3-9-21-14/h2-6,9,18H,7-8,10-12H2,1H3. The molecule has 1 N–H and O–H groups in total. The van der Waals surface area contributed by atoms with Gasteiger partial charge in [-0.05, 0) is 36.8 Å². The molecule has 116 valence electrons. The maximum absolute atomic E-state index is 12.7. The average molecular weight is 316 g/mol. The number of nitrogens with zero attached hydrogens (tertiary/aromatic N) is 1. The Morgan fingerprint density at radius 3 is 2.82 bits per heavy atom. The van der Waals surface area contributed by atoms with E-state index >= 15 is 0 Å². The summed E-state index contributed by atoms with van der Waals surface area (Å²) in [5, 5.41) is 3.34. The van der Waals surface area contributed by atoms with Crippen LogP contribution in [0.25, 0.3) is 0 Å². The van der Waals surface area contributed by atoms with Crippen molar-refractivity contribution in [3.63, 3.8) is 0 Å². The number of benzene rings is 1. The van der Waals surface area contributed by atoms with Gasteiger partial charge in [-0.1, -0.05) is 6.07 Å². The Labute approximate surface area is 134 Å². The predicted molar refractivity (Wildman–Crippen MR) is 90.4 cm³/mol. The van der Waals surface area contributed by atoms with Gasteiger partial charge in [-0.3, -0.25) is 4.79 Å². The number of amides is 1. The van der Waals surface area contributed by atoms with E-state index in [1.807, 2.05) is 53.9 Å². The van der Waals surface area contributed by atoms with Crippen molar-refractivity contribution in [3.05, 3.63) is 53.5 Å². The molecule has 1 aliphatic heterocycles. The Morgan fingerprint density at radius 1 is 1.27 bits per heavy atom. The summed E-state index contributed by atoms with van der Waals surface area (Å²) in [4.78, 5) is 14.6. The van der Waals surface area contributed by atoms with Crippen molar-refractivity contribution in [2.75, 3.05) is 29.9 Å². The fraction of sp³-hybridized carbons (Fsp3) is 0.353. The fourth-order valence-corrected chi connectivity index (χ4v) is 3.49. The van der Waals surface area contributed by atoms with Gasteiger partial charge in [-0.15, -0.1) is 0 Å². The minimum atomic E-state index is 0.138. The summed E-state index contributed by atoms with van der Waals surface area (Å²) in [5.41, 5.74) is 2.77. The molecule has 1 aromatic carbocycles. The number of hydrogen-bond donors (Lipinski definition) is 1. The molecule has 1 aliphatic rings. The van der Waals surface area contributed by atoms with Crippen molar-refractivity contribution in [3.8, 4) is 0 Å². The second kappa shape index (κ2) is 6.92. The van der Waals surface area contributed by atoms with E-state index < -0.39 is 0 Å². The Bertz CT molecular complexity index is 634. The van der Waals surface area contributed by atoms with E-state index in [0.717, 1.165) is 47.2 Å². The topological polar surface area (TPSA) is 45.5 Å². The molecule has 5 heteroatoms. The Morgan fingerprint density at radius 2 is 2.09 bits per heavy atom. The maximum Gasteiger partial charge on any atom is 0.254 e. The van der Waals surface area contributed by atoms with E-state index in [4.69, 9.17) is 4.42 Å². The number of anilines is 1. The molecular weight excluding hydrogens is 296 g/mol. The smallest absolute Gasteiger partial charge is 0.254 e. The molecule has 0 spiro atoms. The van der Waals surface area contributed by atoms with Crippen molar-refractivity contribution < 1.29 is 9.21 Å². The molecular formula is C17H20N2O2S. The van der Waals surface area contributed by atoms with Crippen LogP contribution in [0.5, 0.6) is 0 Å². The zero-order valence-electron chi connectivity index (χ0n) is 12.7. The van der Waals surface area contributed by atoms with E-state index in [9.17, 15) is 4.79 Å². The highest BCUT2D eigenvalue weighted by Gasteiger charge is 2.20. The van der Waals surface area contributed by atoms with Gasteiger partial charge in [0.25, 0.3) is 5.91 Å². The lowest BCUT2D eigenvalue weighted by atomic mass is 10.1. The number of furan rings is 1. The molecule has 1 fully saturated rings. The summed E-state index contributed by atoms with van der Waals surface area (Å²) < 4.78 is 5.33. The minimum absolute atomic E-state index is 0.138. The summed E-state index contributed by atoms with van der Waals surface area (Å²) in [5.74, 6) is 3.08. The van der Waals surface area contributed by atoms with Crippen LogP contribution in [-0.4, -0.2) is 35.4 Å². The van der Waals surface area contributed by atoms with Gasteiger partial charge in [0.1, 0.15) is 5.76 Å². The lowest BCUT2D eigenvalue weighted by Gasteiger charge is -2.27. The maximum atomic E-state index is 12.7. The van der Waals surface area contributed by atoms with E-state index in [-0.39, 0.29) is 5.91 Å². The van der Waals surface area contributed by atoms with Crippen molar-refractivity contribution in [2.45, 2.75) is 13.5 Å². The highest BCUT2D eigenvalue weighted by atomic mass is 32.2. The summed E-state index contributed by atoms with van der Waals surface area (Å²) in [6.07, 6.45) is 1.66. The van der Waals surface area contributed by atoms with Crippen LogP contribution in [0.3, 0.4) is 0 Å². The van der Waals surface area contributed by atoms with Gasteiger partial charge in [0, 0.05) is 35.8 Å². The number of carbonyl (C=O) groups is 1. The molecule has 0 radical (unpaired) electrons. The van der Waals surface area contributed by atoms with Crippen molar-refractivity contribution in [1.82, 2.24) is 4.90 Å². The van der Waals surface area contributed by atoms with Gasteiger partial charge < -0.3 is 14.6 Å². The second-order valence-electron chi connectivity index (χ2n) is 5.32. The third-order valence-corrected chi connectivity index (χ3v) is 4.84. The van der Waals surface area contributed by atoms with Crippen LogP contribution in [0.2, 0.25) is 0 Å². The van der Waals surface area contributed by atoms with Gasteiger partial charge >= 0.3 is 0 Å².